The monoisotopic (exact) mass is 1730 g/mol. The minimum atomic E-state index is -1.18. The van der Waals surface area contributed by atoms with Gasteiger partial charge in [0.25, 0.3) is 0 Å². The first-order valence-electron chi connectivity index (χ1n) is 41.0. The molecule has 118 heavy (non-hydrogen) atoms. The zero-order valence-electron chi connectivity index (χ0n) is 70.3. The van der Waals surface area contributed by atoms with Gasteiger partial charge in [0.2, 0.25) is 5.28 Å². The number of ketones is 1. The summed E-state index contributed by atoms with van der Waals surface area (Å²) in [6, 6.07) is 20.1. The lowest BCUT2D eigenvalue weighted by atomic mass is 9.65. The van der Waals surface area contributed by atoms with Crippen molar-refractivity contribution < 1.29 is 97.0 Å². The van der Waals surface area contributed by atoms with E-state index in [2.05, 4.69) is 24.3 Å². The second-order valence-electron chi connectivity index (χ2n) is 34.1. The van der Waals surface area contributed by atoms with Gasteiger partial charge >= 0.3 is 11.9 Å². The second-order valence-corrected chi connectivity index (χ2v) is 40.4. The summed E-state index contributed by atoms with van der Waals surface area (Å²) in [4.78, 5) is 49.8. The number of benzene rings is 3. The van der Waals surface area contributed by atoms with E-state index in [1.165, 1.54) is 49.1 Å². The molecule has 5 saturated carbocycles. The summed E-state index contributed by atoms with van der Waals surface area (Å²) < 4.78 is 146. The SMILES string of the molecule is CC(C)(C)S(=O)CC1(c2cccc(F)c2)CCC2(CC1)OCCO2.CC(C)(C)S(=O)N=C1CCC2(CC1)OCCO2.CC(C)(C)S(N)=O.CCOC(=O)c1cnc(CC2(c3cccc(F)c3)CCC3(CC2)OCCO3)nc1.CCOC(=O)c1cnc(Cl)nc1.NC1(c2cccc(F)c2)CCC2(CC1)OCCO2.O=C1CCC2(CC1)OCCO2. The number of rotatable bonds is 12. The number of hydrogen-bond acceptors (Lipinski definition) is 23. The molecule has 10 aliphatic rings. The standard InChI is InChI=1S/C22H25FN2O4.C19H27FO3S.C14H18FNO2.C12H21NO3S.C8H12O3.C7H7ClN2O2.C4H11NOS/c1-2-27-20(26)16-14-24-19(25-15-16)13-21(17-4-3-5-18(23)12-17)6-8-22(9-7-21)28-10-11-29-22;1-17(2,3)24(21)14-18(15-5-4-6-16(20)13-15)7-9-19(10-8-18)22-11-12-23-19;15-12-3-1-2-11(10-12)13(16)4-6-14(7-5-13)17-8-9-18-14;1-11(2,3)17(14)13-10-4-6-12(7-5-10)15-8-9-16-12;9-7-1-3-8(4-2-7)10-5-6-11-8;1-2-12-6(11)5-3-9-7(8)10-4-5;1-4(2,3)7(5)6/h3-5,12,14-15H,2,6-11,13H2,1H3;4-6,13H,7-12,14H2,1-3H3;1-3,10H,4-9,16H2;4-9H2,1-3H3;1-6H2;3-4H,2H2,1H3;5H2,1-3H3. The Labute approximate surface area is 705 Å². The molecule has 25 nitrogen and oxygen atoms in total. The van der Waals surface area contributed by atoms with E-state index in [9.17, 15) is 40.2 Å². The van der Waals surface area contributed by atoms with Gasteiger partial charge in [-0.1, -0.05) is 36.4 Å². The molecule has 5 aromatic rings. The summed E-state index contributed by atoms with van der Waals surface area (Å²) >= 11 is 5.42. The van der Waals surface area contributed by atoms with E-state index in [0.29, 0.717) is 127 Å². The summed E-state index contributed by atoms with van der Waals surface area (Å²) in [6.07, 6.45) is 21.6. The van der Waals surface area contributed by atoms with Gasteiger partial charge in [-0.15, -0.1) is 0 Å². The number of aromatic nitrogens is 4. The predicted octanol–water partition coefficient (Wildman–Crippen LogP) is 14.6. The molecule has 15 rings (SSSR count). The third-order valence-electron chi connectivity index (χ3n) is 22.6. The summed E-state index contributed by atoms with van der Waals surface area (Å²) in [5.74, 6) is -2.21. The molecule has 5 saturated heterocycles. The number of carbonyl (C=O) groups is 3. The van der Waals surface area contributed by atoms with Gasteiger partial charge in [0.1, 0.15) is 40.0 Å². The van der Waals surface area contributed by atoms with Crippen LogP contribution in [0.15, 0.2) is 102 Å². The average Bonchev–Trinajstić information content (AvgIpc) is 1.26. The summed E-state index contributed by atoms with van der Waals surface area (Å²) in [5, 5.41) is 5.16. The molecule has 10 fully saturated rings. The van der Waals surface area contributed by atoms with Crippen molar-refractivity contribution in [1.29, 1.82) is 0 Å². The van der Waals surface area contributed by atoms with Crippen molar-refractivity contribution >= 4 is 67.8 Å². The number of nitrogens with zero attached hydrogens (tertiary/aromatic N) is 5. The number of nitrogens with two attached hydrogens (primary N) is 2. The molecule has 0 amide bonds. The molecule has 3 unspecified atom stereocenters. The molecule has 3 aromatic carbocycles. The molecule has 0 bridgehead atoms. The molecule has 32 heteroatoms. The first kappa shape index (κ1) is 96.0. The number of Topliss-reactive ketones (excluding diaryl/α,β-unsaturated/α-hetero) is 1. The predicted molar refractivity (Wildman–Crippen MR) is 444 cm³/mol. The normalized spacial score (nSPS) is 23.8. The molecule has 3 atom stereocenters. The molecule has 0 radical (unpaired) electrons. The van der Waals surface area contributed by atoms with Crippen LogP contribution in [0.1, 0.15) is 248 Å². The molecule has 5 aliphatic heterocycles. The fourth-order valence-electron chi connectivity index (χ4n) is 15.4. The van der Waals surface area contributed by atoms with Crippen molar-refractivity contribution in [3.05, 3.63) is 154 Å². The summed E-state index contributed by atoms with van der Waals surface area (Å²) in [7, 11) is -3.32. The first-order valence-corrected chi connectivity index (χ1v) is 45.0. The van der Waals surface area contributed by atoms with Gasteiger partial charge in [-0.2, -0.15) is 4.40 Å². The molecule has 5 aliphatic carbocycles. The smallest absolute Gasteiger partial charge is 0.341 e. The zero-order valence-corrected chi connectivity index (χ0v) is 73.5. The highest BCUT2D eigenvalue weighted by Crippen LogP contribution is 2.50. The lowest BCUT2D eigenvalue weighted by Crippen LogP contribution is -2.47. The second kappa shape index (κ2) is 42.5. The fraction of sp³-hybridized carbons (Fsp3) is 0.651. The summed E-state index contributed by atoms with van der Waals surface area (Å²) in [5.41, 5.74) is 9.81. The third-order valence-corrected chi connectivity index (χ3v) is 27.7. The highest BCUT2D eigenvalue weighted by Gasteiger charge is 2.51. The van der Waals surface area contributed by atoms with Gasteiger partial charge in [-0.3, -0.25) is 14.1 Å². The third kappa shape index (κ3) is 27.3. The molecule has 654 valence electrons. The van der Waals surface area contributed by atoms with Crippen molar-refractivity contribution in [3.63, 3.8) is 0 Å². The number of esters is 2. The Hall–Kier alpha value is -5.85. The Bertz CT molecular complexity index is 4140. The van der Waals surface area contributed by atoms with Crippen LogP contribution in [0.4, 0.5) is 13.2 Å². The highest BCUT2D eigenvalue weighted by molar-refractivity contribution is 7.86. The van der Waals surface area contributed by atoms with E-state index in [1.807, 2.05) is 80.5 Å². The molecule has 5 spiro atoms. The van der Waals surface area contributed by atoms with E-state index in [1.54, 1.807) is 44.2 Å². The van der Waals surface area contributed by atoms with Crippen LogP contribution in [-0.4, -0.2) is 184 Å². The minimum absolute atomic E-state index is 0.114. The molecular formula is C86H121ClF3N7O18S3. The van der Waals surface area contributed by atoms with Crippen LogP contribution in [0.25, 0.3) is 0 Å². The van der Waals surface area contributed by atoms with Crippen LogP contribution in [-0.2, 0) is 117 Å². The van der Waals surface area contributed by atoms with Crippen LogP contribution < -0.4 is 10.9 Å². The summed E-state index contributed by atoms with van der Waals surface area (Å²) in [6.45, 7) is 28.1. The van der Waals surface area contributed by atoms with E-state index in [0.717, 1.165) is 138 Å². The largest absolute Gasteiger partial charge is 0.462 e. The van der Waals surface area contributed by atoms with Crippen LogP contribution in [0.3, 0.4) is 0 Å². The Balaban J connectivity index is 0.000000163. The van der Waals surface area contributed by atoms with Crippen molar-refractivity contribution in [2.45, 2.75) is 271 Å². The van der Waals surface area contributed by atoms with E-state index >= 15 is 0 Å². The van der Waals surface area contributed by atoms with Crippen LogP contribution in [0.5, 0.6) is 0 Å². The van der Waals surface area contributed by atoms with Gasteiger partial charge in [0.15, 0.2) is 28.9 Å². The van der Waals surface area contributed by atoms with Crippen molar-refractivity contribution in [1.82, 2.24) is 19.9 Å². The van der Waals surface area contributed by atoms with Crippen LogP contribution in [0.2, 0.25) is 5.28 Å². The molecule has 7 heterocycles. The zero-order chi connectivity index (χ0) is 85.7. The van der Waals surface area contributed by atoms with Gasteiger partial charge in [-0.25, -0.2) is 51.1 Å². The van der Waals surface area contributed by atoms with E-state index in [-0.39, 0.29) is 59.4 Å². The number of halogens is 4. The fourth-order valence-corrected chi connectivity index (χ4v) is 17.6. The molecule has 4 N–H and O–H groups in total. The van der Waals surface area contributed by atoms with Gasteiger partial charge in [0, 0.05) is 152 Å². The highest BCUT2D eigenvalue weighted by atomic mass is 35.5. The van der Waals surface area contributed by atoms with Crippen molar-refractivity contribution in [2.24, 2.45) is 15.3 Å². The number of hydrogen-bond donors (Lipinski definition) is 2. The lowest BCUT2D eigenvalue weighted by molar-refractivity contribution is -0.185. The lowest BCUT2D eigenvalue weighted by Gasteiger charge is -2.44. The maximum atomic E-state index is 14.0. The maximum Gasteiger partial charge on any atom is 0.341 e. The minimum Gasteiger partial charge on any atom is -0.462 e. The first-order chi connectivity index (χ1) is 55.8. The van der Waals surface area contributed by atoms with Gasteiger partial charge < -0.3 is 62.6 Å². The Morgan fingerprint density at radius 2 is 0.788 bits per heavy atom. The number of carbonyl (C=O) groups excluding carboxylic acids is 3. The van der Waals surface area contributed by atoms with Gasteiger partial charge in [-0.05, 0) is 192 Å². The van der Waals surface area contributed by atoms with E-state index in [4.69, 9.17) is 79.3 Å². The quantitative estimate of drug-likeness (QED) is 0.0865. The van der Waals surface area contributed by atoms with E-state index < -0.39 is 67.6 Å². The van der Waals surface area contributed by atoms with Gasteiger partial charge in [0.05, 0.1) is 111 Å². The number of ether oxygens (including phenoxy) is 12. The Morgan fingerprint density at radius 1 is 0.466 bits per heavy atom. The Morgan fingerprint density at radius 3 is 1.14 bits per heavy atom. The topological polar surface area (TPSA) is 329 Å². The maximum absolute atomic E-state index is 14.0. The van der Waals surface area contributed by atoms with Crippen molar-refractivity contribution in [3.8, 4) is 0 Å². The molecule has 2 aromatic heterocycles. The van der Waals surface area contributed by atoms with Crippen LogP contribution >= 0.6 is 11.6 Å². The average molecular weight is 1730 g/mol. The van der Waals surface area contributed by atoms with Crippen LogP contribution in [0, 0.1) is 17.5 Å². The van der Waals surface area contributed by atoms with Crippen molar-refractivity contribution in [2.75, 3.05) is 85.0 Å². The Kier molecular flexibility index (Phi) is 34.6. The molecular weight excluding hydrogens is 1610 g/mol.